The summed E-state index contributed by atoms with van der Waals surface area (Å²) in [5, 5.41) is 0. The third kappa shape index (κ3) is 4.40. The van der Waals surface area contributed by atoms with Crippen molar-refractivity contribution in [1.82, 2.24) is 4.90 Å². The van der Waals surface area contributed by atoms with Crippen molar-refractivity contribution in [2.45, 2.75) is 25.7 Å². The van der Waals surface area contributed by atoms with Gasteiger partial charge in [0.05, 0.1) is 7.11 Å². The summed E-state index contributed by atoms with van der Waals surface area (Å²) in [7, 11) is 1.64. The standard InChI is InChI=1S/C24H26FNO3/c1-29-21-6-7-22-19(14-21)12-16(13-23(22)27)15-26-10-8-18(9-11-26)24(28)17-2-4-20(25)5-3-17/h2-7,14,16,18H,8-13,15H2,1H3/t16-/m1/s1. The van der Waals surface area contributed by atoms with Gasteiger partial charge in [0, 0.05) is 30.0 Å². The minimum atomic E-state index is -0.322. The number of hydrogen-bond donors (Lipinski definition) is 0. The first-order chi connectivity index (χ1) is 14.0. The molecule has 0 saturated carbocycles. The predicted octanol–water partition coefficient (Wildman–Crippen LogP) is 4.17. The van der Waals surface area contributed by atoms with Crippen LogP contribution in [0.1, 0.15) is 45.5 Å². The lowest BCUT2D eigenvalue weighted by atomic mass is 9.82. The average Bonchev–Trinajstić information content (AvgIpc) is 2.74. The Hall–Kier alpha value is -2.53. The van der Waals surface area contributed by atoms with E-state index in [9.17, 15) is 14.0 Å². The maximum atomic E-state index is 13.1. The van der Waals surface area contributed by atoms with E-state index in [1.165, 1.54) is 12.1 Å². The first kappa shape index (κ1) is 19.8. The van der Waals surface area contributed by atoms with Crippen LogP contribution in [0, 0.1) is 17.7 Å². The van der Waals surface area contributed by atoms with E-state index in [0.29, 0.717) is 17.9 Å². The molecule has 0 unspecified atom stereocenters. The first-order valence-electron chi connectivity index (χ1n) is 10.3. The molecule has 2 aromatic rings. The third-order valence-electron chi connectivity index (χ3n) is 6.20. The summed E-state index contributed by atoms with van der Waals surface area (Å²) >= 11 is 0. The minimum absolute atomic E-state index is 0.00492. The van der Waals surface area contributed by atoms with E-state index in [1.807, 2.05) is 18.2 Å². The lowest BCUT2D eigenvalue weighted by molar-refractivity contribution is 0.0812. The van der Waals surface area contributed by atoms with E-state index in [0.717, 1.165) is 55.8 Å². The summed E-state index contributed by atoms with van der Waals surface area (Å²) in [4.78, 5) is 27.6. The van der Waals surface area contributed by atoms with Crippen LogP contribution in [0.3, 0.4) is 0 Å². The number of hydrogen-bond acceptors (Lipinski definition) is 4. The molecular weight excluding hydrogens is 369 g/mol. The second kappa shape index (κ2) is 8.46. The quantitative estimate of drug-likeness (QED) is 0.713. The van der Waals surface area contributed by atoms with Gasteiger partial charge in [0.15, 0.2) is 11.6 Å². The Morgan fingerprint density at radius 3 is 2.52 bits per heavy atom. The first-order valence-corrected chi connectivity index (χ1v) is 10.3. The number of halogens is 1. The molecule has 1 atom stereocenters. The van der Waals surface area contributed by atoms with E-state index in [2.05, 4.69) is 4.90 Å². The summed E-state index contributed by atoms with van der Waals surface area (Å²) in [6.45, 7) is 2.58. The number of Topliss-reactive ketones (excluding diaryl/α,β-unsaturated/α-hetero) is 2. The molecule has 5 heteroatoms. The van der Waals surface area contributed by atoms with Crippen LogP contribution in [-0.2, 0) is 6.42 Å². The highest BCUT2D eigenvalue weighted by Crippen LogP contribution is 2.30. The molecule has 0 radical (unpaired) electrons. The van der Waals surface area contributed by atoms with Gasteiger partial charge in [0.25, 0.3) is 0 Å². The molecule has 1 saturated heterocycles. The van der Waals surface area contributed by atoms with E-state index in [1.54, 1.807) is 19.2 Å². The number of rotatable bonds is 5. The fourth-order valence-electron chi connectivity index (χ4n) is 4.62. The Morgan fingerprint density at radius 2 is 1.83 bits per heavy atom. The number of carbonyl (C=O) groups is 2. The number of methoxy groups -OCH3 is 1. The number of carbonyl (C=O) groups excluding carboxylic acids is 2. The van der Waals surface area contributed by atoms with Crippen molar-refractivity contribution < 1.29 is 18.7 Å². The van der Waals surface area contributed by atoms with Crippen LogP contribution in [0.15, 0.2) is 42.5 Å². The molecular formula is C24H26FNO3. The summed E-state index contributed by atoms with van der Waals surface area (Å²) < 4.78 is 18.4. The topological polar surface area (TPSA) is 46.6 Å². The Morgan fingerprint density at radius 1 is 1.10 bits per heavy atom. The van der Waals surface area contributed by atoms with Gasteiger partial charge in [-0.3, -0.25) is 9.59 Å². The van der Waals surface area contributed by atoms with Crippen LogP contribution in [0.2, 0.25) is 0 Å². The number of nitrogens with zero attached hydrogens (tertiary/aromatic N) is 1. The number of piperidine rings is 1. The zero-order valence-electron chi connectivity index (χ0n) is 16.7. The van der Waals surface area contributed by atoms with Crippen LogP contribution in [0.4, 0.5) is 4.39 Å². The van der Waals surface area contributed by atoms with Crippen molar-refractivity contribution in [1.29, 1.82) is 0 Å². The SMILES string of the molecule is COc1ccc2c(c1)C[C@@H](CN1CCC(C(=O)c3ccc(F)cc3)CC1)CC2=O. The highest BCUT2D eigenvalue weighted by atomic mass is 19.1. The van der Waals surface area contributed by atoms with Crippen LogP contribution >= 0.6 is 0 Å². The maximum Gasteiger partial charge on any atom is 0.166 e. The van der Waals surface area contributed by atoms with Gasteiger partial charge in [0.1, 0.15) is 11.6 Å². The zero-order chi connectivity index (χ0) is 20.4. The van der Waals surface area contributed by atoms with Crippen molar-refractivity contribution in [2.24, 2.45) is 11.8 Å². The fraction of sp³-hybridized carbons (Fsp3) is 0.417. The van der Waals surface area contributed by atoms with Gasteiger partial charge in [0.2, 0.25) is 0 Å². The van der Waals surface area contributed by atoms with Crippen LogP contribution < -0.4 is 4.74 Å². The predicted molar refractivity (Wildman–Crippen MR) is 109 cm³/mol. The normalized spacial score (nSPS) is 20.3. The van der Waals surface area contributed by atoms with Gasteiger partial charge in [-0.15, -0.1) is 0 Å². The van der Waals surface area contributed by atoms with Gasteiger partial charge < -0.3 is 9.64 Å². The molecule has 2 aromatic carbocycles. The maximum absolute atomic E-state index is 13.1. The number of ether oxygens (including phenoxy) is 1. The molecule has 0 spiro atoms. The Labute approximate surface area is 170 Å². The third-order valence-corrected chi connectivity index (χ3v) is 6.20. The Balaban J connectivity index is 1.33. The summed E-state index contributed by atoms with van der Waals surface area (Å²) in [6.07, 6.45) is 3.07. The molecule has 1 heterocycles. The Bertz CT molecular complexity index is 901. The fourth-order valence-corrected chi connectivity index (χ4v) is 4.62. The average molecular weight is 395 g/mol. The summed E-state index contributed by atoms with van der Waals surface area (Å²) in [6, 6.07) is 11.5. The molecule has 0 N–H and O–H groups in total. The molecule has 1 fully saturated rings. The smallest absolute Gasteiger partial charge is 0.166 e. The van der Waals surface area contributed by atoms with Gasteiger partial charge in [-0.05, 0) is 86.3 Å². The lowest BCUT2D eigenvalue weighted by Crippen LogP contribution is -2.40. The van der Waals surface area contributed by atoms with E-state index in [4.69, 9.17) is 4.74 Å². The highest BCUT2D eigenvalue weighted by Gasteiger charge is 2.30. The van der Waals surface area contributed by atoms with E-state index >= 15 is 0 Å². The Kier molecular flexibility index (Phi) is 5.76. The van der Waals surface area contributed by atoms with Crippen molar-refractivity contribution in [3.05, 3.63) is 65.0 Å². The van der Waals surface area contributed by atoms with Gasteiger partial charge in [-0.25, -0.2) is 4.39 Å². The largest absolute Gasteiger partial charge is 0.497 e. The molecule has 4 nitrogen and oxygen atoms in total. The van der Waals surface area contributed by atoms with Crippen LogP contribution in [0.5, 0.6) is 5.75 Å². The second-order valence-corrected chi connectivity index (χ2v) is 8.17. The van der Waals surface area contributed by atoms with Crippen molar-refractivity contribution in [3.63, 3.8) is 0 Å². The van der Waals surface area contributed by atoms with Crippen molar-refractivity contribution in [2.75, 3.05) is 26.7 Å². The molecule has 0 aromatic heterocycles. The van der Waals surface area contributed by atoms with Gasteiger partial charge in [-0.1, -0.05) is 0 Å². The molecule has 0 bridgehead atoms. The van der Waals surface area contributed by atoms with Crippen molar-refractivity contribution in [3.8, 4) is 5.75 Å². The number of likely N-dealkylation sites (tertiary alicyclic amines) is 1. The molecule has 1 aliphatic heterocycles. The zero-order valence-corrected chi connectivity index (χ0v) is 16.7. The van der Waals surface area contributed by atoms with E-state index < -0.39 is 0 Å². The highest BCUT2D eigenvalue weighted by molar-refractivity contribution is 5.99. The van der Waals surface area contributed by atoms with E-state index in [-0.39, 0.29) is 23.3 Å². The second-order valence-electron chi connectivity index (χ2n) is 8.17. The van der Waals surface area contributed by atoms with Crippen molar-refractivity contribution >= 4 is 11.6 Å². The monoisotopic (exact) mass is 395 g/mol. The van der Waals surface area contributed by atoms with Gasteiger partial charge >= 0.3 is 0 Å². The summed E-state index contributed by atoms with van der Waals surface area (Å²) in [5.74, 6) is 1.08. The van der Waals surface area contributed by atoms with Gasteiger partial charge in [-0.2, -0.15) is 0 Å². The number of fused-ring (bicyclic) bond motifs is 1. The van der Waals surface area contributed by atoms with Crippen LogP contribution in [0.25, 0.3) is 0 Å². The summed E-state index contributed by atoms with van der Waals surface area (Å²) in [5.41, 5.74) is 2.49. The minimum Gasteiger partial charge on any atom is -0.497 e. The lowest BCUT2D eigenvalue weighted by Gasteiger charge is -2.35. The molecule has 29 heavy (non-hydrogen) atoms. The molecule has 4 rings (SSSR count). The molecule has 1 aliphatic carbocycles. The number of benzene rings is 2. The number of ketones is 2. The van der Waals surface area contributed by atoms with Crippen LogP contribution in [-0.4, -0.2) is 43.2 Å². The molecule has 0 amide bonds. The molecule has 152 valence electrons. The molecule has 2 aliphatic rings.